The van der Waals surface area contributed by atoms with Crippen LogP contribution in [0.2, 0.25) is 0 Å². The van der Waals surface area contributed by atoms with Gasteiger partial charge in [-0.2, -0.15) is 0 Å². The number of hydrogen-bond donors (Lipinski definition) is 2. The van der Waals surface area contributed by atoms with Crippen molar-refractivity contribution >= 4 is 16.9 Å². The van der Waals surface area contributed by atoms with Gasteiger partial charge >= 0.3 is 5.97 Å². The van der Waals surface area contributed by atoms with Crippen molar-refractivity contribution in [2.24, 2.45) is 0 Å². The fourth-order valence-electron chi connectivity index (χ4n) is 3.90. The molecule has 1 aliphatic heterocycles. The summed E-state index contributed by atoms with van der Waals surface area (Å²) in [6.07, 6.45) is 0.0386. The molecule has 1 aromatic heterocycles. The van der Waals surface area contributed by atoms with E-state index in [1.54, 1.807) is 12.1 Å². The van der Waals surface area contributed by atoms with Gasteiger partial charge in [-0.25, -0.2) is 0 Å². The molecule has 2 heterocycles. The number of esters is 1. The largest absolute Gasteiger partial charge is 0.508 e. The Balaban J connectivity index is 1.83. The summed E-state index contributed by atoms with van der Waals surface area (Å²) in [5.74, 6) is -0.618. The van der Waals surface area contributed by atoms with Gasteiger partial charge in [0.05, 0.1) is 6.42 Å². The molecule has 6 heteroatoms. The van der Waals surface area contributed by atoms with Crippen molar-refractivity contribution in [1.29, 1.82) is 0 Å². The molecule has 0 radical (unpaired) electrons. The SMILES string of the molecule is O=C1CC(c2ccc(O)cc2)c2c(cc(O)c3c(=O)cc(-c4ccccc4)oc23)O1. The Hall–Kier alpha value is -4.06. The second-order valence-corrected chi connectivity index (χ2v) is 7.17. The van der Waals surface area contributed by atoms with E-state index in [2.05, 4.69) is 0 Å². The standard InChI is InChI=1S/C24H16O6/c25-15-8-6-13(7-9-15)16-10-21(28)29-20-12-18(27)23-17(26)11-19(30-24(23)22(16)20)14-4-2-1-3-5-14/h1-9,11-12,16,25,27H,10H2. The first-order chi connectivity index (χ1) is 14.5. The van der Waals surface area contributed by atoms with E-state index in [0.29, 0.717) is 16.9 Å². The van der Waals surface area contributed by atoms with E-state index >= 15 is 0 Å². The van der Waals surface area contributed by atoms with Crippen LogP contribution in [0.3, 0.4) is 0 Å². The predicted molar refractivity (Wildman–Crippen MR) is 110 cm³/mol. The summed E-state index contributed by atoms with van der Waals surface area (Å²) in [7, 11) is 0. The Morgan fingerprint density at radius 3 is 2.37 bits per heavy atom. The van der Waals surface area contributed by atoms with E-state index in [9.17, 15) is 19.8 Å². The quantitative estimate of drug-likeness (QED) is 0.384. The highest BCUT2D eigenvalue weighted by Gasteiger charge is 2.33. The van der Waals surface area contributed by atoms with Crippen LogP contribution in [0.4, 0.5) is 0 Å². The van der Waals surface area contributed by atoms with Crippen LogP contribution in [0.25, 0.3) is 22.3 Å². The van der Waals surface area contributed by atoms with Crippen molar-refractivity contribution in [2.75, 3.05) is 0 Å². The maximum Gasteiger partial charge on any atom is 0.312 e. The van der Waals surface area contributed by atoms with E-state index < -0.39 is 17.3 Å². The second kappa shape index (κ2) is 6.77. The number of fused-ring (bicyclic) bond motifs is 3. The maximum absolute atomic E-state index is 12.9. The maximum atomic E-state index is 12.9. The van der Waals surface area contributed by atoms with Gasteiger partial charge in [0.2, 0.25) is 0 Å². The average molecular weight is 400 g/mol. The minimum absolute atomic E-state index is 0.0372. The van der Waals surface area contributed by atoms with Crippen LogP contribution >= 0.6 is 0 Å². The molecule has 0 fully saturated rings. The van der Waals surface area contributed by atoms with Crippen molar-refractivity contribution in [1.82, 2.24) is 0 Å². The molecule has 0 bridgehead atoms. The van der Waals surface area contributed by atoms with Gasteiger partial charge in [0.1, 0.15) is 34.0 Å². The Bertz CT molecular complexity index is 1340. The second-order valence-electron chi connectivity index (χ2n) is 7.17. The van der Waals surface area contributed by atoms with Gasteiger partial charge in [0.15, 0.2) is 5.43 Å². The van der Waals surface area contributed by atoms with Crippen LogP contribution in [0.5, 0.6) is 17.2 Å². The van der Waals surface area contributed by atoms with Gasteiger partial charge in [-0.3, -0.25) is 9.59 Å². The number of rotatable bonds is 2. The number of aromatic hydroxyl groups is 2. The fourth-order valence-corrected chi connectivity index (χ4v) is 3.90. The van der Waals surface area contributed by atoms with Crippen molar-refractivity contribution in [3.8, 4) is 28.6 Å². The lowest BCUT2D eigenvalue weighted by Gasteiger charge is -2.26. The minimum atomic E-state index is -0.459. The molecule has 6 nitrogen and oxygen atoms in total. The first-order valence-electron chi connectivity index (χ1n) is 9.40. The topological polar surface area (TPSA) is 97.0 Å². The number of phenolic OH excluding ortho intramolecular Hbond substituents is 2. The fraction of sp³-hybridized carbons (Fsp3) is 0.0833. The molecular formula is C24H16O6. The number of carbonyl (C=O) groups is 1. The highest BCUT2D eigenvalue weighted by molar-refractivity contribution is 5.93. The lowest BCUT2D eigenvalue weighted by molar-refractivity contribution is -0.135. The summed E-state index contributed by atoms with van der Waals surface area (Å²) in [6.45, 7) is 0. The Kier molecular flexibility index (Phi) is 4.06. The van der Waals surface area contributed by atoms with E-state index in [1.807, 2.05) is 30.3 Å². The molecule has 1 aliphatic rings. The van der Waals surface area contributed by atoms with Crippen molar-refractivity contribution in [2.45, 2.75) is 12.3 Å². The summed E-state index contributed by atoms with van der Waals surface area (Å²) in [4.78, 5) is 25.1. The van der Waals surface area contributed by atoms with Crippen LogP contribution in [0, 0.1) is 0 Å². The molecule has 1 unspecified atom stereocenters. The molecule has 30 heavy (non-hydrogen) atoms. The molecular weight excluding hydrogens is 384 g/mol. The van der Waals surface area contributed by atoms with Crippen LogP contribution < -0.4 is 10.2 Å². The van der Waals surface area contributed by atoms with Crippen LogP contribution in [0.15, 0.2) is 75.9 Å². The van der Waals surface area contributed by atoms with Crippen molar-refractivity contribution < 1.29 is 24.2 Å². The van der Waals surface area contributed by atoms with Gasteiger partial charge in [-0.1, -0.05) is 42.5 Å². The van der Waals surface area contributed by atoms with Gasteiger partial charge in [-0.05, 0) is 17.7 Å². The van der Waals surface area contributed by atoms with Gasteiger partial charge in [0, 0.05) is 29.2 Å². The van der Waals surface area contributed by atoms with E-state index in [0.717, 1.165) is 5.56 Å². The van der Waals surface area contributed by atoms with Crippen LogP contribution in [0.1, 0.15) is 23.5 Å². The molecule has 4 aromatic rings. The number of phenols is 2. The first kappa shape index (κ1) is 18.0. The van der Waals surface area contributed by atoms with E-state index in [4.69, 9.17) is 9.15 Å². The molecule has 0 aliphatic carbocycles. The zero-order chi connectivity index (χ0) is 20.8. The first-order valence-corrected chi connectivity index (χ1v) is 9.40. The van der Waals surface area contributed by atoms with Crippen LogP contribution in [-0.4, -0.2) is 16.2 Å². The summed E-state index contributed by atoms with van der Waals surface area (Å²) < 4.78 is 11.5. The van der Waals surface area contributed by atoms with Crippen LogP contribution in [-0.2, 0) is 4.79 Å². The zero-order valence-corrected chi connectivity index (χ0v) is 15.7. The van der Waals surface area contributed by atoms with Crippen molar-refractivity contribution in [3.63, 3.8) is 0 Å². The smallest absolute Gasteiger partial charge is 0.312 e. The molecule has 148 valence electrons. The third-order valence-corrected chi connectivity index (χ3v) is 5.28. The Morgan fingerprint density at radius 2 is 1.63 bits per heavy atom. The third-order valence-electron chi connectivity index (χ3n) is 5.28. The predicted octanol–water partition coefficient (Wildman–Crippen LogP) is 4.31. The lowest BCUT2D eigenvalue weighted by atomic mass is 9.85. The molecule has 0 amide bonds. The molecule has 5 rings (SSSR count). The number of ether oxygens (including phenoxy) is 1. The highest BCUT2D eigenvalue weighted by Crippen LogP contribution is 2.46. The summed E-state index contributed by atoms with van der Waals surface area (Å²) in [5.41, 5.74) is 1.77. The van der Waals surface area contributed by atoms with E-state index in [-0.39, 0.29) is 34.6 Å². The zero-order valence-electron chi connectivity index (χ0n) is 15.7. The van der Waals surface area contributed by atoms with Crippen molar-refractivity contribution in [3.05, 3.63) is 88.1 Å². The van der Waals surface area contributed by atoms with E-state index in [1.165, 1.54) is 24.3 Å². The average Bonchev–Trinajstić information content (AvgIpc) is 2.73. The van der Waals surface area contributed by atoms with Gasteiger partial charge in [-0.15, -0.1) is 0 Å². The Morgan fingerprint density at radius 1 is 0.900 bits per heavy atom. The minimum Gasteiger partial charge on any atom is -0.508 e. The van der Waals surface area contributed by atoms with Gasteiger partial charge < -0.3 is 19.4 Å². The molecule has 1 atom stereocenters. The Labute approximate surface area is 170 Å². The lowest BCUT2D eigenvalue weighted by Crippen LogP contribution is -2.22. The summed E-state index contributed by atoms with van der Waals surface area (Å²) >= 11 is 0. The molecule has 0 saturated heterocycles. The number of benzene rings is 3. The number of carbonyl (C=O) groups excluding carboxylic acids is 1. The normalized spacial score (nSPS) is 15.6. The summed E-state index contributed by atoms with van der Waals surface area (Å²) in [5, 5.41) is 20.1. The van der Waals surface area contributed by atoms with Gasteiger partial charge in [0.25, 0.3) is 0 Å². The third kappa shape index (κ3) is 2.90. The summed E-state index contributed by atoms with van der Waals surface area (Å²) in [6, 6.07) is 18.3. The highest BCUT2D eigenvalue weighted by atomic mass is 16.5. The molecule has 3 aromatic carbocycles. The number of hydrogen-bond acceptors (Lipinski definition) is 6. The molecule has 0 spiro atoms. The molecule has 2 N–H and O–H groups in total. The monoisotopic (exact) mass is 400 g/mol. The molecule has 0 saturated carbocycles.